The highest BCUT2D eigenvalue weighted by Crippen LogP contribution is 2.29. The van der Waals surface area contributed by atoms with Crippen LogP contribution in [-0.4, -0.2) is 57.8 Å². The van der Waals surface area contributed by atoms with Crippen molar-refractivity contribution in [3.63, 3.8) is 0 Å². The second kappa shape index (κ2) is 6.64. The van der Waals surface area contributed by atoms with Gasteiger partial charge in [-0.3, -0.25) is 0 Å². The molecule has 0 radical (unpaired) electrons. The minimum absolute atomic E-state index is 0.244. The molecule has 2 aliphatic heterocycles. The van der Waals surface area contributed by atoms with Crippen molar-refractivity contribution in [2.45, 2.75) is 25.7 Å². The van der Waals surface area contributed by atoms with E-state index >= 15 is 0 Å². The highest BCUT2D eigenvalue weighted by atomic mass is 16.5. The smallest absolute Gasteiger partial charge is 0.129 e. The van der Waals surface area contributed by atoms with Crippen LogP contribution in [0.1, 0.15) is 25.7 Å². The van der Waals surface area contributed by atoms with E-state index in [2.05, 4.69) is 4.90 Å². The standard InChI is InChI=1S/C14H25NO3/c1-17-9-13-3-6-15(7-4-13)10-14(11-16)5-2-8-18-12-14/h11,13H,2-10,12H2,1H3. The summed E-state index contributed by atoms with van der Waals surface area (Å²) in [4.78, 5) is 13.8. The molecule has 4 heteroatoms. The lowest BCUT2D eigenvalue weighted by molar-refractivity contribution is -0.126. The van der Waals surface area contributed by atoms with Gasteiger partial charge in [-0.25, -0.2) is 0 Å². The average molecular weight is 255 g/mol. The number of nitrogens with zero attached hydrogens (tertiary/aromatic N) is 1. The van der Waals surface area contributed by atoms with Gasteiger partial charge in [-0.2, -0.15) is 0 Å². The van der Waals surface area contributed by atoms with E-state index < -0.39 is 0 Å². The average Bonchev–Trinajstić information content (AvgIpc) is 2.42. The first kappa shape index (κ1) is 14.0. The van der Waals surface area contributed by atoms with Gasteiger partial charge in [-0.15, -0.1) is 0 Å². The molecule has 2 rings (SSSR count). The van der Waals surface area contributed by atoms with Crippen molar-refractivity contribution in [1.82, 2.24) is 4.90 Å². The van der Waals surface area contributed by atoms with E-state index in [1.165, 1.54) is 12.8 Å². The number of carbonyl (C=O) groups excluding carboxylic acids is 1. The van der Waals surface area contributed by atoms with E-state index in [4.69, 9.17) is 9.47 Å². The molecule has 18 heavy (non-hydrogen) atoms. The normalized spacial score (nSPS) is 31.4. The first-order chi connectivity index (χ1) is 8.78. The van der Waals surface area contributed by atoms with Gasteiger partial charge in [0.25, 0.3) is 0 Å². The van der Waals surface area contributed by atoms with Crippen LogP contribution in [0.3, 0.4) is 0 Å². The Hall–Kier alpha value is -0.450. The maximum Gasteiger partial charge on any atom is 0.129 e. The Bertz CT molecular complexity index is 256. The molecule has 0 spiro atoms. The molecule has 2 aliphatic rings. The van der Waals surface area contributed by atoms with E-state index in [1.807, 2.05) is 0 Å². The summed E-state index contributed by atoms with van der Waals surface area (Å²) in [6.07, 6.45) is 5.49. The van der Waals surface area contributed by atoms with Crippen LogP contribution >= 0.6 is 0 Å². The van der Waals surface area contributed by atoms with Crippen molar-refractivity contribution in [3.05, 3.63) is 0 Å². The van der Waals surface area contributed by atoms with Crippen molar-refractivity contribution in [2.75, 3.05) is 46.6 Å². The fourth-order valence-corrected chi connectivity index (χ4v) is 3.12. The third-order valence-electron chi connectivity index (χ3n) is 4.25. The number of rotatable bonds is 5. The van der Waals surface area contributed by atoms with Crippen LogP contribution in [0.4, 0.5) is 0 Å². The van der Waals surface area contributed by atoms with Gasteiger partial charge in [-0.1, -0.05) is 0 Å². The number of hydrogen-bond donors (Lipinski definition) is 0. The number of aldehydes is 1. The first-order valence-electron chi connectivity index (χ1n) is 7.03. The van der Waals surface area contributed by atoms with Crippen LogP contribution in [0.5, 0.6) is 0 Å². The second-order valence-corrected chi connectivity index (χ2v) is 5.81. The van der Waals surface area contributed by atoms with Crippen molar-refractivity contribution < 1.29 is 14.3 Å². The monoisotopic (exact) mass is 255 g/mol. The van der Waals surface area contributed by atoms with Crippen LogP contribution < -0.4 is 0 Å². The van der Waals surface area contributed by atoms with E-state index in [9.17, 15) is 4.79 Å². The summed E-state index contributed by atoms with van der Waals surface area (Å²) < 4.78 is 10.7. The SMILES string of the molecule is COCC1CCN(CC2(C=O)CCCOC2)CC1. The zero-order valence-electron chi connectivity index (χ0n) is 11.4. The van der Waals surface area contributed by atoms with Gasteiger partial charge >= 0.3 is 0 Å². The molecule has 0 saturated carbocycles. The van der Waals surface area contributed by atoms with E-state index in [0.717, 1.165) is 52.0 Å². The molecule has 1 unspecified atom stereocenters. The molecule has 0 bridgehead atoms. The zero-order valence-corrected chi connectivity index (χ0v) is 11.4. The minimum Gasteiger partial charge on any atom is -0.384 e. The molecular formula is C14H25NO3. The summed E-state index contributed by atoms with van der Waals surface area (Å²) in [6.45, 7) is 5.33. The lowest BCUT2D eigenvalue weighted by atomic mass is 9.82. The predicted molar refractivity (Wildman–Crippen MR) is 69.6 cm³/mol. The van der Waals surface area contributed by atoms with E-state index in [0.29, 0.717) is 12.5 Å². The van der Waals surface area contributed by atoms with E-state index in [1.54, 1.807) is 7.11 Å². The van der Waals surface area contributed by atoms with Crippen molar-refractivity contribution in [3.8, 4) is 0 Å². The lowest BCUT2D eigenvalue weighted by Gasteiger charge is -2.39. The largest absolute Gasteiger partial charge is 0.384 e. The van der Waals surface area contributed by atoms with Crippen LogP contribution in [0, 0.1) is 11.3 Å². The molecule has 2 saturated heterocycles. The molecule has 0 N–H and O–H groups in total. The number of carbonyl (C=O) groups is 1. The van der Waals surface area contributed by atoms with Gasteiger partial charge in [0.2, 0.25) is 0 Å². The number of hydrogen-bond acceptors (Lipinski definition) is 4. The number of ether oxygens (including phenoxy) is 2. The summed E-state index contributed by atoms with van der Waals surface area (Å²) in [5.41, 5.74) is -0.244. The Kier molecular flexibility index (Phi) is 5.15. The molecule has 0 aromatic rings. The van der Waals surface area contributed by atoms with Gasteiger partial charge in [0.05, 0.1) is 12.0 Å². The van der Waals surface area contributed by atoms with Crippen LogP contribution in [-0.2, 0) is 14.3 Å². The molecule has 1 atom stereocenters. The summed E-state index contributed by atoms with van der Waals surface area (Å²) in [6, 6.07) is 0. The van der Waals surface area contributed by atoms with Gasteiger partial charge in [0.1, 0.15) is 6.29 Å². The molecule has 0 aromatic heterocycles. The Morgan fingerprint density at radius 2 is 2.22 bits per heavy atom. The van der Waals surface area contributed by atoms with Gasteiger partial charge in [0, 0.05) is 26.9 Å². The molecule has 0 amide bonds. The zero-order chi connectivity index (χ0) is 12.8. The number of methoxy groups -OCH3 is 1. The van der Waals surface area contributed by atoms with Gasteiger partial charge in [0.15, 0.2) is 0 Å². The Labute approximate surface area is 110 Å². The lowest BCUT2D eigenvalue weighted by Crippen LogP contribution is -2.47. The highest BCUT2D eigenvalue weighted by Gasteiger charge is 2.35. The number of piperidine rings is 1. The quantitative estimate of drug-likeness (QED) is 0.695. The van der Waals surface area contributed by atoms with Gasteiger partial charge in [-0.05, 0) is 44.7 Å². The fourth-order valence-electron chi connectivity index (χ4n) is 3.12. The van der Waals surface area contributed by atoms with Crippen molar-refractivity contribution in [1.29, 1.82) is 0 Å². The maximum atomic E-state index is 11.4. The van der Waals surface area contributed by atoms with Crippen LogP contribution in [0.15, 0.2) is 0 Å². The fraction of sp³-hybridized carbons (Fsp3) is 0.929. The Morgan fingerprint density at radius 1 is 1.44 bits per heavy atom. The Balaban J connectivity index is 1.80. The maximum absolute atomic E-state index is 11.4. The van der Waals surface area contributed by atoms with Gasteiger partial charge < -0.3 is 19.2 Å². The van der Waals surface area contributed by atoms with Crippen molar-refractivity contribution >= 4 is 6.29 Å². The summed E-state index contributed by atoms with van der Waals surface area (Å²) in [5, 5.41) is 0. The number of likely N-dealkylation sites (tertiary alicyclic amines) is 1. The van der Waals surface area contributed by atoms with Crippen LogP contribution in [0.25, 0.3) is 0 Å². The summed E-state index contributed by atoms with van der Waals surface area (Å²) in [7, 11) is 1.77. The van der Waals surface area contributed by atoms with Crippen molar-refractivity contribution in [2.24, 2.45) is 11.3 Å². The first-order valence-corrected chi connectivity index (χ1v) is 7.03. The molecule has 0 aromatic carbocycles. The third-order valence-corrected chi connectivity index (χ3v) is 4.25. The third kappa shape index (κ3) is 3.53. The second-order valence-electron chi connectivity index (χ2n) is 5.81. The van der Waals surface area contributed by atoms with Crippen LogP contribution in [0.2, 0.25) is 0 Å². The molecule has 0 aliphatic carbocycles. The molecular weight excluding hydrogens is 230 g/mol. The topological polar surface area (TPSA) is 38.8 Å². The molecule has 2 fully saturated rings. The van der Waals surface area contributed by atoms with E-state index in [-0.39, 0.29) is 5.41 Å². The molecule has 2 heterocycles. The summed E-state index contributed by atoms with van der Waals surface area (Å²) in [5.74, 6) is 0.695. The predicted octanol–water partition coefficient (Wildman–Crippen LogP) is 1.34. The Morgan fingerprint density at radius 3 is 2.78 bits per heavy atom. The summed E-state index contributed by atoms with van der Waals surface area (Å²) >= 11 is 0. The minimum atomic E-state index is -0.244. The molecule has 104 valence electrons. The molecule has 4 nitrogen and oxygen atoms in total. The highest BCUT2D eigenvalue weighted by molar-refractivity contribution is 5.60.